The summed E-state index contributed by atoms with van der Waals surface area (Å²) in [5.74, 6) is -3.61. The molecule has 0 aliphatic rings. The monoisotopic (exact) mass is 487 g/mol. The van der Waals surface area contributed by atoms with Gasteiger partial charge >= 0.3 is 5.92 Å². The van der Waals surface area contributed by atoms with E-state index in [1.54, 1.807) is 54.6 Å². The summed E-state index contributed by atoms with van der Waals surface area (Å²) in [6.45, 7) is -1.95. The van der Waals surface area contributed by atoms with E-state index in [-0.39, 0.29) is 27.5 Å². The fourth-order valence-corrected chi connectivity index (χ4v) is 4.18. The van der Waals surface area contributed by atoms with Crippen LogP contribution in [0.1, 0.15) is 5.69 Å². The van der Waals surface area contributed by atoms with Crippen LogP contribution >= 0.6 is 0 Å². The van der Waals surface area contributed by atoms with Gasteiger partial charge in [-0.15, -0.1) is 0 Å². The number of alkyl halides is 3. The van der Waals surface area contributed by atoms with Crippen LogP contribution in [0, 0.1) is 0 Å². The predicted octanol–water partition coefficient (Wildman–Crippen LogP) is 4.92. The highest BCUT2D eigenvalue weighted by molar-refractivity contribution is 7.89. The molecule has 1 heterocycles. The molecule has 4 rings (SSSR count). The molecule has 0 bridgehead atoms. The van der Waals surface area contributed by atoms with E-state index in [4.69, 9.17) is 9.88 Å². The third-order valence-electron chi connectivity index (χ3n) is 5.23. The van der Waals surface area contributed by atoms with Crippen molar-refractivity contribution in [3.8, 4) is 33.8 Å². The normalized spacial score (nSPS) is 12.0. The first-order valence-corrected chi connectivity index (χ1v) is 11.6. The Labute approximate surface area is 194 Å². The van der Waals surface area contributed by atoms with Crippen LogP contribution < -0.4 is 9.88 Å². The maximum Gasteiger partial charge on any atom is 0.319 e. The minimum atomic E-state index is -3.97. The lowest BCUT2D eigenvalue weighted by atomic mass is 9.95. The molecule has 0 saturated carbocycles. The van der Waals surface area contributed by atoms with Gasteiger partial charge in [-0.05, 0) is 30.3 Å². The van der Waals surface area contributed by atoms with Gasteiger partial charge in [0.1, 0.15) is 11.4 Å². The van der Waals surface area contributed by atoms with Crippen LogP contribution in [0.15, 0.2) is 83.8 Å². The zero-order valence-corrected chi connectivity index (χ0v) is 18.8. The van der Waals surface area contributed by atoms with Gasteiger partial charge in [-0.3, -0.25) is 0 Å². The van der Waals surface area contributed by atoms with Crippen molar-refractivity contribution in [1.29, 1.82) is 0 Å². The van der Waals surface area contributed by atoms with Gasteiger partial charge < -0.3 is 4.74 Å². The Morgan fingerprint density at radius 2 is 1.59 bits per heavy atom. The Balaban J connectivity index is 2.12. The van der Waals surface area contributed by atoms with Crippen LogP contribution in [-0.4, -0.2) is 32.0 Å². The van der Waals surface area contributed by atoms with Crippen molar-refractivity contribution in [2.45, 2.75) is 10.8 Å². The van der Waals surface area contributed by atoms with Crippen molar-refractivity contribution in [3.05, 3.63) is 84.6 Å². The summed E-state index contributed by atoms with van der Waals surface area (Å²) < 4.78 is 73.5. The Morgan fingerprint density at radius 3 is 2.18 bits per heavy atom. The van der Waals surface area contributed by atoms with Gasteiger partial charge in [0.2, 0.25) is 10.0 Å². The first kappa shape index (κ1) is 23.5. The van der Waals surface area contributed by atoms with Crippen LogP contribution in [-0.2, 0) is 15.9 Å². The fraction of sp³-hybridized carbons (Fsp3) is 0.125. The largest absolute Gasteiger partial charge is 0.496 e. The predicted molar refractivity (Wildman–Crippen MR) is 122 cm³/mol. The van der Waals surface area contributed by atoms with E-state index in [1.807, 2.05) is 0 Å². The van der Waals surface area contributed by atoms with Crippen molar-refractivity contribution in [2.75, 3.05) is 13.8 Å². The molecule has 0 fully saturated rings. The van der Waals surface area contributed by atoms with E-state index in [2.05, 4.69) is 5.10 Å². The minimum absolute atomic E-state index is 0.0349. The molecule has 176 valence electrons. The summed E-state index contributed by atoms with van der Waals surface area (Å²) >= 11 is 0. The Kier molecular flexibility index (Phi) is 6.20. The van der Waals surface area contributed by atoms with Crippen LogP contribution in [0.3, 0.4) is 0 Å². The number of sulfonamides is 1. The quantitative estimate of drug-likeness (QED) is 0.401. The van der Waals surface area contributed by atoms with Gasteiger partial charge in [-0.25, -0.2) is 22.6 Å². The second kappa shape index (κ2) is 8.96. The van der Waals surface area contributed by atoms with Crippen molar-refractivity contribution in [3.63, 3.8) is 0 Å². The van der Waals surface area contributed by atoms with Crippen molar-refractivity contribution >= 4 is 10.0 Å². The Bertz CT molecular complexity index is 1420. The molecule has 6 nitrogen and oxygen atoms in total. The summed E-state index contributed by atoms with van der Waals surface area (Å²) in [6.07, 6.45) is 0. The van der Waals surface area contributed by atoms with E-state index < -0.39 is 28.3 Å². The smallest absolute Gasteiger partial charge is 0.319 e. The van der Waals surface area contributed by atoms with Crippen molar-refractivity contribution in [1.82, 2.24) is 9.78 Å². The lowest BCUT2D eigenvalue weighted by Gasteiger charge is -2.15. The summed E-state index contributed by atoms with van der Waals surface area (Å²) in [5.41, 5.74) is 0.498. The molecule has 3 aromatic carbocycles. The molecule has 4 aromatic rings. The zero-order valence-electron chi connectivity index (χ0n) is 18.0. The van der Waals surface area contributed by atoms with Crippen LogP contribution in [0.2, 0.25) is 0 Å². The van der Waals surface area contributed by atoms with Crippen LogP contribution in [0.4, 0.5) is 13.2 Å². The molecule has 0 unspecified atom stereocenters. The molecule has 0 spiro atoms. The van der Waals surface area contributed by atoms with Gasteiger partial charge in [0.15, 0.2) is 6.67 Å². The topological polar surface area (TPSA) is 87.2 Å². The highest BCUT2D eigenvalue weighted by Crippen LogP contribution is 2.45. The zero-order chi connectivity index (χ0) is 24.5. The van der Waals surface area contributed by atoms with Gasteiger partial charge in [0.25, 0.3) is 0 Å². The Morgan fingerprint density at radius 1 is 0.971 bits per heavy atom. The lowest BCUT2D eigenvalue weighted by Crippen LogP contribution is -2.18. The number of hydrogen-bond donors (Lipinski definition) is 1. The molecule has 2 N–H and O–H groups in total. The standard InChI is InChI=1S/C24H20F3N3O3S/c1-33-20-10-6-5-9-19(20)21-22(16-11-13-18(14-12-16)34(28,31)32)30(17-7-3-2-4-8-17)29-23(21)24(26,27)15-25/h2-14H,15H2,1H3,(H2,28,31,32). The summed E-state index contributed by atoms with van der Waals surface area (Å²) in [7, 11) is -2.57. The average molecular weight is 488 g/mol. The molecule has 0 aliphatic heterocycles. The first-order chi connectivity index (χ1) is 16.2. The molecular weight excluding hydrogens is 467 g/mol. The van der Waals surface area contributed by atoms with Crippen LogP contribution in [0.5, 0.6) is 5.75 Å². The summed E-state index contributed by atoms with van der Waals surface area (Å²) in [6, 6.07) is 20.4. The number of aromatic nitrogens is 2. The third kappa shape index (κ3) is 4.29. The highest BCUT2D eigenvalue weighted by atomic mass is 32.2. The Hall–Kier alpha value is -3.63. The molecule has 0 aliphatic carbocycles. The molecule has 34 heavy (non-hydrogen) atoms. The van der Waals surface area contributed by atoms with Crippen LogP contribution in [0.25, 0.3) is 28.1 Å². The summed E-state index contributed by atoms with van der Waals surface area (Å²) in [5, 5.41) is 9.35. The SMILES string of the molecule is COc1ccccc1-c1c(C(F)(F)CF)nn(-c2ccccc2)c1-c1ccc(S(N)(=O)=O)cc1. The number of rotatable bonds is 7. The number of ether oxygens (including phenoxy) is 1. The maximum absolute atomic E-state index is 14.9. The molecule has 0 amide bonds. The van der Waals surface area contributed by atoms with E-state index in [1.165, 1.54) is 36.1 Å². The fourth-order valence-electron chi connectivity index (χ4n) is 3.67. The van der Waals surface area contributed by atoms with E-state index in [0.29, 0.717) is 11.3 Å². The number of halogens is 3. The van der Waals surface area contributed by atoms with Gasteiger partial charge in [0, 0.05) is 16.7 Å². The minimum Gasteiger partial charge on any atom is -0.496 e. The number of nitrogens with zero attached hydrogens (tertiary/aromatic N) is 2. The lowest BCUT2D eigenvalue weighted by molar-refractivity contribution is -0.0319. The molecule has 1 aromatic heterocycles. The van der Waals surface area contributed by atoms with Crippen molar-refractivity contribution in [2.24, 2.45) is 5.14 Å². The second-order valence-corrected chi connectivity index (χ2v) is 8.99. The van der Waals surface area contributed by atoms with E-state index in [9.17, 15) is 21.6 Å². The number of methoxy groups -OCH3 is 1. The number of nitrogens with two attached hydrogens (primary N) is 1. The van der Waals surface area contributed by atoms with E-state index in [0.717, 1.165) is 0 Å². The summed E-state index contributed by atoms with van der Waals surface area (Å²) in [4.78, 5) is -0.143. The second-order valence-electron chi connectivity index (χ2n) is 7.43. The molecule has 0 atom stereocenters. The molecule has 0 saturated heterocycles. The third-order valence-corrected chi connectivity index (χ3v) is 6.16. The number of primary sulfonamides is 1. The molecular formula is C24H20F3N3O3S. The highest BCUT2D eigenvalue weighted by Gasteiger charge is 2.41. The number of para-hydroxylation sites is 2. The maximum atomic E-state index is 14.9. The first-order valence-electron chi connectivity index (χ1n) is 10.1. The van der Waals surface area contributed by atoms with Gasteiger partial charge in [-0.1, -0.05) is 48.5 Å². The number of hydrogen-bond acceptors (Lipinski definition) is 4. The van der Waals surface area contributed by atoms with Crippen molar-refractivity contribution < 1.29 is 26.3 Å². The van der Waals surface area contributed by atoms with Gasteiger partial charge in [-0.2, -0.15) is 13.9 Å². The average Bonchev–Trinajstić information content (AvgIpc) is 3.25. The molecule has 10 heteroatoms. The van der Waals surface area contributed by atoms with E-state index >= 15 is 0 Å². The molecule has 0 radical (unpaired) electrons. The van der Waals surface area contributed by atoms with Gasteiger partial charge in [0.05, 0.1) is 23.4 Å². The number of benzene rings is 3.